The molecule has 0 bridgehead atoms. The zero-order valence-corrected chi connectivity index (χ0v) is 12.3. The van der Waals surface area contributed by atoms with Crippen molar-refractivity contribution < 1.29 is 4.74 Å². The molecule has 2 fully saturated rings. The van der Waals surface area contributed by atoms with Gasteiger partial charge in [0.2, 0.25) is 0 Å². The molecule has 2 rings (SSSR count). The Morgan fingerprint density at radius 1 is 1.00 bits per heavy atom. The molecule has 0 saturated carbocycles. The van der Waals surface area contributed by atoms with Crippen LogP contribution in [0.5, 0.6) is 0 Å². The van der Waals surface area contributed by atoms with Crippen LogP contribution >= 0.6 is 0 Å². The van der Waals surface area contributed by atoms with Crippen molar-refractivity contribution in [3.63, 3.8) is 0 Å². The number of morpholine rings is 1. The van der Waals surface area contributed by atoms with E-state index < -0.39 is 0 Å². The molecule has 2 heterocycles. The molecule has 1 atom stereocenters. The lowest BCUT2D eigenvalue weighted by molar-refractivity contribution is -0.186. The largest absolute Gasteiger partial charge is 0.367 e. The van der Waals surface area contributed by atoms with Gasteiger partial charge in [-0.05, 0) is 48.0 Å². The van der Waals surface area contributed by atoms with Crippen molar-refractivity contribution in [3.8, 4) is 0 Å². The van der Waals surface area contributed by atoms with Gasteiger partial charge in [-0.2, -0.15) is 0 Å². The number of hydrogen-bond donors (Lipinski definition) is 1. The summed E-state index contributed by atoms with van der Waals surface area (Å²) in [5, 5.41) is 3.62. The Morgan fingerprint density at radius 3 is 1.94 bits per heavy atom. The summed E-state index contributed by atoms with van der Waals surface area (Å²) in [6.07, 6.45) is 1.24. The lowest BCUT2D eigenvalue weighted by Crippen LogP contribution is -2.60. The van der Waals surface area contributed by atoms with Gasteiger partial charge in [0, 0.05) is 31.2 Å². The SMILES string of the molecule is CC1(C)CC(N2CC(C)(C)OC(C)(C)C2)CN1. The van der Waals surface area contributed by atoms with Crippen LogP contribution in [0.25, 0.3) is 0 Å². The zero-order valence-electron chi connectivity index (χ0n) is 12.3. The average Bonchev–Trinajstić information content (AvgIpc) is 2.40. The quantitative estimate of drug-likeness (QED) is 0.759. The fraction of sp³-hybridized carbons (Fsp3) is 1.00. The van der Waals surface area contributed by atoms with Gasteiger partial charge in [0.15, 0.2) is 0 Å². The van der Waals surface area contributed by atoms with Crippen molar-refractivity contribution in [2.45, 2.75) is 70.7 Å². The molecule has 0 aromatic heterocycles. The Bertz CT molecular complexity index is 281. The first-order valence-corrected chi connectivity index (χ1v) is 6.78. The molecular formula is C14H28N2O. The summed E-state index contributed by atoms with van der Waals surface area (Å²) in [7, 11) is 0. The van der Waals surface area contributed by atoms with Crippen molar-refractivity contribution >= 4 is 0 Å². The van der Waals surface area contributed by atoms with Crippen LogP contribution in [0, 0.1) is 0 Å². The topological polar surface area (TPSA) is 24.5 Å². The summed E-state index contributed by atoms with van der Waals surface area (Å²) >= 11 is 0. The molecule has 0 aromatic carbocycles. The minimum absolute atomic E-state index is 0.0333. The minimum Gasteiger partial charge on any atom is -0.367 e. The molecule has 3 heteroatoms. The van der Waals surface area contributed by atoms with Crippen LogP contribution < -0.4 is 5.32 Å². The van der Waals surface area contributed by atoms with E-state index in [-0.39, 0.29) is 16.7 Å². The molecule has 2 aliphatic heterocycles. The van der Waals surface area contributed by atoms with E-state index in [2.05, 4.69) is 51.8 Å². The fourth-order valence-corrected chi connectivity index (χ4v) is 3.49. The predicted molar refractivity (Wildman–Crippen MR) is 71.3 cm³/mol. The van der Waals surface area contributed by atoms with Gasteiger partial charge in [0.25, 0.3) is 0 Å². The number of ether oxygens (including phenoxy) is 1. The zero-order chi connectivity index (χ0) is 12.9. The molecule has 2 saturated heterocycles. The molecule has 1 N–H and O–H groups in total. The van der Waals surface area contributed by atoms with Gasteiger partial charge in [-0.3, -0.25) is 4.90 Å². The second-order valence-electron chi connectivity index (χ2n) is 7.65. The van der Waals surface area contributed by atoms with Crippen LogP contribution in [0.2, 0.25) is 0 Å². The Labute approximate surface area is 106 Å². The smallest absolute Gasteiger partial charge is 0.0760 e. The monoisotopic (exact) mass is 240 g/mol. The second-order valence-corrected chi connectivity index (χ2v) is 7.65. The van der Waals surface area contributed by atoms with E-state index >= 15 is 0 Å². The summed E-state index contributed by atoms with van der Waals surface area (Å²) < 4.78 is 6.14. The summed E-state index contributed by atoms with van der Waals surface area (Å²) in [5.41, 5.74) is 0.222. The van der Waals surface area contributed by atoms with Gasteiger partial charge in [0.05, 0.1) is 11.2 Å². The van der Waals surface area contributed by atoms with Gasteiger partial charge >= 0.3 is 0 Å². The molecular weight excluding hydrogens is 212 g/mol. The summed E-state index contributed by atoms with van der Waals surface area (Å²) in [6.45, 7) is 16.6. The standard InChI is InChI=1S/C14H28N2O/c1-12(2)7-11(8-15-12)16-9-13(3,4)17-14(5,6)10-16/h11,15H,7-10H2,1-6H3. The minimum atomic E-state index is -0.0333. The van der Waals surface area contributed by atoms with Crippen LogP contribution in [0.3, 0.4) is 0 Å². The van der Waals surface area contributed by atoms with E-state index in [1.165, 1.54) is 6.42 Å². The summed E-state index contributed by atoms with van der Waals surface area (Å²) in [4.78, 5) is 2.62. The molecule has 3 nitrogen and oxygen atoms in total. The average molecular weight is 240 g/mol. The molecule has 17 heavy (non-hydrogen) atoms. The van der Waals surface area contributed by atoms with Crippen molar-refractivity contribution in [3.05, 3.63) is 0 Å². The van der Waals surface area contributed by atoms with E-state index in [0.717, 1.165) is 19.6 Å². The molecule has 1 unspecified atom stereocenters. The third-order valence-electron chi connectivity index (χ3n) is 3.80. The van der Waals surface area contributed by atoms with Crippen molar-refractivity contribution in [2.75, 3.05) is 19.6 Å². The van der Waals surface area contributed by atoms with Crippen LogP contribution in [0.1, 0.15) is 48.0 Å². The third kappa shape index (κ3) is 3.21. The number of nitrogens with zero attached hydrogens (tertiary/aromatic N) is 1. The van der Waals surface area contributed by atoms with Crippen LogP contribution in [-0.4, -0.2) is 47.3 Å². The first-order chi connectivity index (χ1) is 7.59. The number of nitrogens with one attached hydrogen (secondary N) is 1. The highest BCUT2D eigenvalue weighted by Gasteiger charge is 2.43. The fourth-order valence-electron chi connectivity index (χ4n) is 3.49. The Kier molecular flexibility index (Phi) is 3.08. The molecule has 0 amide bonds. The predicted octanol–water partition coefficient (Wildman–Crippen LogP) is 2.02. The highest BCUT2D eigenvalue weighted by molar-refractivity contribution is 4.99. The third-order valence-corrected chi connectivity index (χ3v) is 3.80. The van der Waals surface area contributed by atoms with E-state index in [0.29, 0.717) is 6.04 Å². The van der Waals surface area contributed by atoms with Gasteiger partial charge in [-0.15, -0.1) is 0 Å². The normalized spacial score (nSPS) is 36.0. The van der Waals surface area contributed by atoms with E-state index in [4.69, 9.17) is 4.74 Å². The highest BCUT2D eigenvalue weighted by atomic mass is 16.5. The van der Waals surface area contributed by atoms with Crippen LogP contribution in [0.15, 0.2) is 0 Å². The number of hydrogen-bond acceptors (Lipinski definition) is 3. The Morgan fingerprint density at radius 2 is 1.53 bits per heavy atom. The van der Waals surface area contributed by atoms with Gasteiger partial charge in [0.1, 0.15) is 0 Å². The van der Waals surface area contributed by atoms with Crippen LogP contribution in [0.4, 0.5) is 0 Å². The van der Waals surface area contributed by atoms with Gasteiger partial charge < -0.3 is 10.1 Å². The lowest BCUT2D eigenvalue weighted by Gasteiger charge is -2.49. The molecule has 0 radical (unpaired) electrons. The Balaban J connectivity index is 2.07. The van der Waals surface area contributed by atoms with E-state index in [1.54, 1.807) is 0 Å². The van der Waals surface area contributed by atoms with E-state index in [1.807, 2.05) is 0 Å². The first kappa shape index (κ1) is 13.3. The maximum Gasteiger partial charge on any atom is 0.0760 e. The maximum atomic E-state index is 6.14. The van der Waals surface area contributed by atoms with E-state index in [9.17, 15) is 0 Å². The van der Waals surface area contributed by atoms with Gasteiger partial charge in [-0.1, -0.05) is 0 Å². The summed E-state index contributed by atoms with van der Waals surface area (Å²) in [6, 6.07) is 0.660. The van der Waals surface area contributed by atoms with Crippen molar-refractivity contribution in [1.82, 2.24) is 10.2 Å². The molecule has 0 spiro atoms. The molecule has 0 aliphatic carbocycles. The van der Waals surface area contributed by atoms with Gasteiger partial charge in [-0.25, -0.2) is 0 Å². The van der Waals surface area contributed by atoms with Crippen molar-refractivity contribution in [2.24, 2.45) is 0 Å². The number of rotatable bonds is 1. The highest BCUT2D eigenvalue weighted by Crippen LogP contribution is 2.32. The maximum absolute atomic E-state index is 6.14. The van der Waals surface area contributed by atoms with Crippen molar-refractivity contribution in [1.29, 1.82) is 0 Å². The second kappa shape index (κ2) is 3.94. The van der Waals surface area contributed by atoms with Crippen LogP contribution in [-0.2, 0) is 4.74 Å². The Hall–Kier alpha value is -0.120. The molecule has 0 aromatic rings. The lowest BCUT2D eigenvalue weighted by atomic mass is 9.94. The molecule has 100 valence electrons. The first-order valence-electron chi connectivity index (χ1n) is 6.78. The molecule has 2 aliphatic rings. The summed E-state index contributed by atoms with van der Waals surface area (Å²) in [5.74, 6) is 0.